The number of carbonyl (C=O) groups excluding carboxylic acids is 3. The molecule has 158 valence electrons. The molecule has 3 amide bonds. The molecule has 31 heavy (non-hydrogen) atoms. The molecule has 3 fully saturated rings. The van der Waals surface area contributed by atoms with Crippen molar-refractivity contribution < 1.29 is 14.4 Å². The van der Waals surface area contributed by atoms with E-state index in [0.717, 1.165) is 47.3 Å². The second kappa shape index (κ2) is 6.04. The highest BCUT2D eigenvalue weighted by atomic mass is 16.2. The molecule has 1 spiro atoms. The van der Waals surface area contributed by atoms with Crippen molar-refractivity contribution in [3.05, 3.63) is 58.7 Å². The van der Waals surface area contributed by atoms with Gasteiger partial charge in [0.15, 0.2) is 0 Å². The number of nitrogens with zero attached hydrogens (tertiary/aromatic N) is 2. The van der Waals surface area contributed by atoms with Gasteiger partial charge in [0.1, 0.15) is 5.54 Å². The van der Waals surface area contributed by atoms with Crippen molar-refractivity contribution >= 4 is 29.1 Å². The van der Waals surface area contributed by atoms with Gasteiger partial charge >= 0.3 is 0 Å². The molecule has 0 saturated carbocycles. The number of nitrogens with one attached hydrogen (secondary N) is 1. The number of amides is 3. The Bertz CT molecular complexity index is 1190. The van der Waals surface area contributed by atoms with E-state index in [-0.39, 0.29) is 23.8 Å². The van der Waals surface area contributed by atoms with Crippen LogP contribution in [0, 0.1) is 32.6 Å². The van der Waals surface area contributed by atoms with Gasteiger partial charge in [0.2, 0.25) is 17.7 Å². The van der Waals surface area contributed by atoms with E-state index >= 15 is 0 Å². The third kappa shape index (κ3) is 2.13. The van der Waals surface area contributed by atoms with Crippen LogP contribution < -0.4 is 10.2 Å². The molecule has 6 heteroatoms. The van der Waals surface area contributed by atoms with Crippen molar-refractivity contribution in [3.63, 3.8) is 0 Å². The Labute approximate surface area is 181 Å². The van der Waals surface area contributed by atoms with Crippen molar-refractivity contribution in [2.75, 3.05) is 16.8 Å². The number of hydrogen-bond donors (Lipinski definition) is 1. The van der Waals surface area contributed by atoms with Crippen molar-refractivity contribution in [2.45, 2.75) is 45.2 Å². The molecular formula is C25H25N3O3. The van der Waals surface area contributed by atoms with E-state index in [9.17, 15) is 14.4 Å². The zero-order valence-corrected chi connectivity index (χ0v) is 17.9. The fraction of sp³-hybridized carbons (Fsp3) is 0.400. The summed E-state index contributed by atoms with van der Waals surface area (Å²) in [5.74, 6) is -1.78. The second-order valence-corrected chi connectivity index (χ2v) is 9.46. The van der Waals surface area contributed by atoms with Crippen LogP contribution in [-0.2, 0) is 19.9 Å². The molecule has 2 aromatic rings. The van der Waals surface area contributed by atoms with E-state index < -0.39 is 17.4 Å². The number of fused-ring (bicyclic) bond motifs is 7. The summed E-state index contributed by atoms with van der Waals surface area (Å²) in [4.78, 5) is 44.8. The van der Waals surface area contributed by atoms with Gasteiger partial charge in [0, 0.05) is 17.3 Å². The van der Waals surface area contributed by atoms with Crippen LogP contribution in [0.25, 0.3) is 0 Å². The Kier molecular flexibility index (Phi) is 3.65. The molecule has 4 atom stereocenters. The number of hydrogen-bond acceptors (Lipinski definition) is 4. The number of benzene rings is 2. The second-order valence-electron chi connectivity index (χ2n) is 9.46. The fourth-order valence-corrected chi connectivity index (χ4v) is 6.44. The summed E-state index contributed by atoms with van der Waals surface area (Å²) in [6, 6.07) is 11.5. The average molecular weight is 415 g/mol. The van der Waals surface area contributed by atoms with E-state index in [4.69, 9.17) is 0 Å². The smallest absolute Gasteiger partial charge is 0.250 e. The number of aryl methyl sites for hydroxylation is 3. The van der Waals surface area contributed by atoms with Gasteiger partial charge in [-0.2, -0.15) is 0 Å². The molecule has 0 aliphatic carbocycles. The van der Waals surface area contributed by atoms with Crippen LogP contribution in [0.15, 0.2) is 36.4 Å². The summed E-state index contributed by atoms with van der Waals surface area (Å²) in [6.07, 6.45) is 1.76. The number of carbonyl (C=O) groups is 3. The molecule has 4 aliphatic rings. The minimum Gasteiger partial charge on any atom is -0.324 e. The van der Waals surface area contributed by atoms with Gasteiger partial charge in [-0.25, -0.2) is 4.90 Å². The van der Waals surface area contributed by atoms with Crippen LogP contribution >= 0.6 is 0 Å². The first kappa shape index (κ1) is 18.8. The van der Waals surface area contributed by atoms with Gasteiger partial charge in [-0.1, -0.05) is 23.8 Å². The lowest BCUT2D eigenvalue weighted by atomic mass is 9.75. The highest BCUT2D eigenvalue weighted by molar-refractivity contribution is 6.25. The zero-order valence-electron chi connectivity index (χ0n) is 17.9. The van der Waals surface area contributed by atoms with Gasteiger partial charge in [0.25, 0.3) is 0 Å². The first-order chi connectivity index (χ1) is 14.9. The third-order valence-corrected chi connectivity index (χ3v) is 7.90. The van der Waals surface area contributed by atoms with E-state index in [1.54, 1.807) is 0 Å². The van der Waals surface area contributed by atoms with Gasteiger partial charge < -0.3 is 5.32 Å². The maximum atomic E-state index is 13.9. The fourth-order valence-electron chi connectivity index (χ4n) is 6.44. The van der Waals surface area contributed by atoms with E-state index in [1.165, 1.54) is 4.90 Å². The molecule has 0 bridgehead atoms. The predicted octanol–water partition coefficient (Wildman–Crippen LogP) is 3.04. The molecule has 2 aromatic carbocycles. The van der Waals surface area contributed by atoms with Crippen LogP contribution in [0.4, 0.5) is 11.4 Å². The number of rotatable bonds is 1. The minimum absolute atomic E-state index is 0.0878. The molecule has 4 unspecified atom stereocenters. The van der Waals surface area contributed by atoms with Gasteiger partial charge in [-0.15, -0.1) is 0 Å². The summed E-state index contributed by atoms with van der Waals surface area (Å²) >= 11 is 0. The van der Waals surface area contributed by atoms with Crippen LogP contribution in [-0.4, -0.2) is 35.2 Å². The Hall–Kier alpha value is -2.99. The van der Waals surface area contributed by atoms with Crippen LogP contribution in [0.3, 0.4) is 0 Å². The summed E-state index contributed by atoms with van der Waals surface area (Å²) in [5.41, 5.74) is 4.29. The Morgan fingerprint density at radius 1 is 0.968 bits per heavy atom. The van der Waals surface area contributed by atoms with Gasteiger partial charge in [-0.05, 0) is 69.5 Å². The first-order valence-corrected chi connectivity index (χ1v) is 11.0. The molecule has 1 N–H and O–H groups in total. The Morgan fingerprint density at radius 3 is 2.55 bits per heavy atom. The molecule has 6 rings (SSSR count). The van der Waals surface area contributed by atoms with Crippen molar-refractivity contribution in [2.24, 2.45) is 11.8 Å². The highest BCUT2D eigenvalue weighted by Crippen LogP contribution is 2.60. The summed E-state index contributed by atoms with van der Waals surface area (Å²) in [6.45, 7) is 6.71. The monoisotopic (exact) mass is 415 g/mol. The van der Waals surface area contributed by atoms with E-state index in [2.05, 4.69) is 10.2 Å². The van der Waals surface area contributed by atoms with Crippen molar-refractivity contribution in [3.8, 4) is 0 Å². The molecule has 3 saturated heterocycles. The molecule has 0 radical (unpaired) electrons. The minimum atomic E-state index is -1.10. The lowest BCUT2D eigenvalue weighted by molar-refractivity contribution is -0.135. The summed E-state index contributed by atoms with van der Waals surface area (Å²) in [7, 11) is 0. The van der Waals surface area contributed by atoms with E-state index in [1.807, 2.05) is 57.2 Å². The molecular weight excluding hydrogens is 390 g/mol. The lowest BCUT2D eigenvalue weighted by Crippen LogP contribution is -2.54. The van der Waals surface area contributed by atoms with Crippen LogP contribution in [0.2, 0.25) is 0 Å². The normalized spacial score (nSPS) is 31.4. The largest absolute Gasteiger partial charge is 0.324 e. The zero-order chi connectivity index (χ0) is 21.7. The quantitative estimate of drug-likeness (QED) is 0.727. The van der Waals surface area contributed by atoms with Crippen LogP contribution in [0.1, 0.15) is 35.1 Å². The predicted molar refractivity (Wildman–Crippen MR) is 117 cm³/mol. The van der Waals surface area contributed by atoms with Crippen LogP contribution in [0.5, 0.6) is 0 Å². The SMILES string of the molecule is Cc1ccc2c(c1)C1(C(=O)N2)C2C(=O)N(c3ccc(C)c(C)c3)C(=O)C2C2CCCN21. The van der Waals surface area contributed by atoms with Gasteiger partial charge in [-0.3, -0.25) is 19.3 Å². The first-order valence-electron chi connectivity index (χ1n) is 11.0. The maximum absolute atomic E-state index is 13.9. The maximum Gasteiger partial charge on any atom is 0.250 e. The Morgan fingerprint density at radius 2 is 1.77 bits per heavy atom. The molecule has 4 aliphatic heterocycles. The van der Waals surface area contributed by atoms with Crippen molar-refractivity contribution in [1.29, 1.82) is 0 Å². The average Bonchev–Trinajstić information content (AvgIpc) is 3.43. The molecule has 4 heterocycles. The summed E-state index contributed by atoms with van der Waals surface area (Å²) < 4.78 is 0. The lowest BCUT2D eigenvalue weighted by Gasteiger charge is -2.36. The third-order valence-electron chi connectivity index (χ3n) is 7.90. The number of imide groups is 1. The number of anilines is 2. The van der Waals surface area contributed by atoms with E-state index in [0.29, 0.717) is 5.69 Å². The van der Waals surface area contributed by atoms with Crippen molar-refractivity contribution in [1.82, 2.24) is 4.90 Å². The highest BCUT2D eigenvalue weighted by Gasteiger charge is 2.74. The standard InChI is InChI=1S/C25H25N3O3/c1-13-6-9-18-17(11-13)25(24(31)26-18)21-20(19-5-4-10-27(19)25)22(29)28(23(21)30)16-8-7-14(2)15(3)12-16/h6-9,11-12,19-21H,4-5,10H2,1-3H3,(H,26,31). The summed E-state index contributed by atoms with van der Waals surface area (Å²) in [5, 5.41) is 3.03. The molecule has 0 aromatic heterocycles. The topological polar surface area (TPSA) is 69.7 Å². The Balaban J connectivity index is 1.56. The molecule has 6 nitrogen and oxygen atoms in total. The van der Waals surface area contributed by atoms with Gasteiger partial charge in [0.05, 0.1) is 17.5 Å².